The Bertz CT molecular complexity index is 493. The summed E-state index contributed by atoms with van der Waals surface area (Å²) in [6.07, 6.45) is 1.96. The van der Waals surface area contributed by atoms with Gasteiger partial charge in [-0.2, -0.15) is 5.10 Å². The molecule has 0 bridgehead atoms. The van der Waals surface area contributed by atoms with E-state index in [9.17, 15) is 0 Å². The molecule has 1 aromatic carbocycles. The summed E-state index contributed by atoms with van der Waals surface area (Å²) in [6, 6.07) is 10.6. The van der Waals surface area contributed by atoms with Crippen molar-refractivity contribution >= 4 is 15.9 Å². The van der Waals surface area contributed by atoms with Crippen molar-refractivity contribution in [2.45, 2.75) is 19.5 Å². The Morgan fingerprint density at radius 3 is 2.76 bits per heavy atom. The Balaban J connectivity index is 1.98. The van der Waals surface area contributed by atoms with Gasteiger partial charge in [-0.25, -0.2) is 0 Å². The normalized spacial score (nSPS) is 12.6. The molecule has 2 rings (SSSR count). The number of benzene rings is 1. The first-order chi connectivity index (χ1) is 8.16. The summed E-state index contributed by atoms with van der Waals surface area (Å²) < 4.78 is 2.96. The minimum atomic E-state index is 0.299. The fraction of sp³-hybridized carbons (Fsp3) is 0.308. The number of hydrogen-bond acceptors (Lipinski definition) is 2. The third-order valence-corrected chi connectivity index (χ3v) is 3.45. The molecule has 0 radical (unpaired) electrons. The van der Waals surface area contributed by atoms with Crippen molar-refractivity contribution in [3.8, 4) is 0 Å². The zero-order valence-electron chi connectivity index (χ0n) is 10.0. The highest BCUT2D eigenvalue weighted by Crippen LogP contribution is 2.22. The molecule has 17 heavy (non-hydrogen) atoms. The third kappa shape index (κ3) is 3.17. The molecule has 1 heterocycles. The van der Waals surface area contributed by atoms with Crippen LogP contribution in [-0.4, -0.2) is 9.78 Å². The standard InChI is InChI=1S/C13H16BrN3/c1-10(12-5-3-4-6-13(12)14)15-9-11-7-8-17(2)16-11/h3-8,10,15H,9H2,1-2H3. The molecule has 1 N–H and O–H groups in total. The van der Waals surface area contributed by atoms with Crippen LogP contribution in [0.3, 0.4) is 0 Å². The van der Waals surface area contributed by atoms with Crippen LogP contribution in [0.15, 0.2) is 41.0 Å². The summed E-state index contributed by atoms with van der Waals surface area (Å²) in [7, 11) is 1.93. The highest BCUT2D eigenvalue weighted by atomic mass is 79.9. The molecule has 0 saturated carbocycles. The molecule has 90 valence electrons. The molecule has 0 spiro atoms. The minimum Gasteiger partial charge on any atom is -0.304 e. The Labute approximate surface area is 110 Å². The second kappa shape index (κ2) is 5.47. The van der Waals surface area contributed by atoms with Crippen molar-refractivity contribution in [3.05, 3.63) is 52.3 Å². The van der Waals surface area contributed by atoms with E-state index < -0.39 is 0 Å². The quantitative estimate of drug-likeness (QED) is 0.939. The largest absolute Gasteiger partial charge is 0.304 e. The average molecular weight is 294 g/mol. The summed E-state index contributed by atoms with van der Waals surface area (Å²) in [5.41, 5.74) is 2.33. The predicted octanol–water partition coefficient (Wildman–Crippen LogP) is 3.03. The fourth-order valence-corrected chi connectivity index (χ4v) is 2.38. The molecule has 0 saturated heterocycles. The number of aromatic nitrogens is 2. The minimum absolute atomic E-state index is 0.299. The molecule has 0 aliphatic carbocycles. The van der Waals surface area contributed by atoms with Gasteiger partial charge in [0.25, 0.3) is 0 Å². The first-order valence-electron chi connectivity index (χ1n) is 5.63. The van der Waals surface area contributed by atoms with E-state index in [1.807, 2.05) is 30.1 Å². The van der Waals surface area contributed by atoms with Crippen LogP contribution >= 0.6 is 15.9 Å². The smallest absolute Gasteiger partial charge is 0.0762 e. The van der Waals surface area contributed by atoms with Gasteiger partial charge in [0, 0.05) is 30.3 Å². The molecule has 2 aromatic rings. The first-order valence-corrected chi connectivity index (χ1v) is 6.42. The van der Waals surface area contributed by atoms with Crippen molar-refractivity contribution in [3.63, 3.8) is 0 Å². The van der Waals surface area contributed by atoms with Gasteiger partial charge in [-0.15, -0.1) is 0 Å². The lowest BCUT2D eigenvalue weighted by Gasteiger charge is -2.14. The zero-order valence-corrected chi connectivity index (χ0v) is 11.6. The van der Waals surface area contributed by atoms with Crippen LogP contribution < -0.4 is 5.32 Å². The maximum Gasteiger partial charge on any atom is 0.0762 e. The van der Waals surface area contributed by atoms with E-state index in [0.29, 0.717) is 6.04 Å². The Hall–Kier alpha value is -1.13. The summed E-state index contributed by atoms with van der Waals surface area (Å²) in [5, 5.41) is 7.80. The van der Waals surface area contributed by atoms with Gasteiger partial charge in [0.1, 0.15) is 0 Å². The van der Waals surface area contributed by atoms with Crippen molar-refractivity contribution in [1.82, 2.24) is 15.1 Å². The van der Waals surface area contributed by atoms with E-state index in [-0.39, 0.29) is 0 Å². The highest BCUT2D eigenvalue weighted by Gasteiger charge is 2.08. The molecule has 1 aromatic heterocycles. The average Bonchev–Trinajstić information content (AvgIpc) is 2.73. The topological polar surface area (TPSA) is 29.9 Å². The van der Waals surface area contributed by atoms with Gasteiger partial charge < -0.3 is 5.32 Å². The van der Waals surface area contributed by atoms with Crippen LogP contribution in [-0.2, 0) is 13.6 Å². The van der Waals surface area contributed by atoms with E-state index in [4.69, 9.17) is 0 Å². The number of nitrogens with zero attached hydrogens (tertiary/aromatic N) is 2. The summed E-state index contributed by atoms with van der Waals surface area (Å²) in [4.78, 5) is 0. The summed E-state index contributed by atoms with van der Waals surface area (Å²) in [5.74, 6) is 0. The second-order valence-electron chi connectivity index (χ2n) is 4.10. The van der Waals surface area contributed by atoms with E-state index in [1.165, 1.54) is 5.56 Å². The van der Waals surface area contributed by atoms with Crippen molar-refractivity contribution in [1.29, 1.82) is 0 Å². The van der Waals surface area contributed by atoms with Gasteiger partial charge in [-0.1, -0.05) is 34.1 Å². The van der Waals surface area contributed by atoms with E-state index in [1.54, 1.807) is 0 Å². The van der Waals surface area contributed by atoms with E-state index in [2.05, 4.69) is 51.5 Å². The number of halogens is 1. The van der Waals surface area contributed by atoms with Gasteiger partial charge >= 0.3 is 0 Å². The predicted molar refractivity (Wildman–Crippen MR) is 72.6 cm³/mol. The molecule has 0 aliphatic heterocycles. The highest BCUT2D eigenvalue weighted by molar-refractivity contribution is 9.10. The molecule has 0 fully saturated rings. The SMILES string of the molecule is CC(NCc1ccn(C)n1)c1ccccc1Br. The van der Waals surface area contributed by atoms with Crippen LogP contribution in [0.25, 0.3) is 0 Å². The summed E-state index contributed by atoms with van der Waals surface area (Å²) in [6.45, 7) is 2.94. The third-order valence-electron chi connectivity index (χ3n) is 2.73. The molecular weight excluding hydrogens is 278 g/mol. The lowest BCUT2D eigenvalue weighted by Crippen LogP contribution is -2.18. The van der Waals surface area contributed by atoms with Gasteiger partial charge in [-0.3, -0.25) is 4.68 Å². The molecule has 3 nitrogen and oxygen atoms in total. The molecular formula is C13H16BrN3. The van der Waals surface area contributed by atoms with Gasteiger partial charge in [0.15, 0.2) is 0 Å². The van der Waals surface area contributed by atoms with Crippen LogP contribution in [0, 0.1) is 0 Å². The number of aryl methyl sites for hydroxylation is 1. The number of nitrogens with one attached hydrogen (secondary N) is 1. The van der Waals surface area contributed by atoms with E-state index >= 15 is 0 Å². The fourth-order valence-electron chi connectivity index (χ4n) is 1.75. The maximum atomic E-state index is 4.34. The molecule has 1 unspecified atom stereocenters. The summed E-state index contributed by atoms with van der Waals surface area (Å²) >= 11 is 3.57. The maximum absolute atomic E-state index is 4.34. The number of rotatable bonds is 4. The first kappa shape index (κ1) is 12.3. The Morgan fingerprint density at radius 2 is 2.12 bits per heavy atom. The Kier molecular flexibility index (Phi) is 3.97. The van der Waals surface area contributed by atoms with E-state index in [0.717, 1.165) is 16.7 Å². The van der Waals surface area contributed by atoms with Crippen molar-refractivity contribution in [2.24, 2.45) is 7.05 Å². The van der Waals surface area contributed by atoms with Crippen LogP contribution in [0.5, 0.6) is 0 Å². The van der Waals surface area contributed by atoms with Crippen LogP contribution in [0.2, 0.25) is 0 Å². The lowest BCUT2D eigenvalue weighted by atomic mass is 10.1. The van der Waals surface area contributed by atoms with Gasteiger partial charge in [-0.05, 0) is 24.6 Å². The lowest BCUT2D eigenvalue weighted by molar-refractivity contribution is 0.560. The van der Waals surface area contributed by atoms with Crippen molar-refractivity contribution < 1.29 is 0 Å². The molecule has 0 amide bonds. The number of hydrogen-bond donors (Lipinski definition) is 1. The van der Waals surface area contributed by atoms with Crippen LogP contribution in [0.4, 0.5) is 0 Å². The Morgan fingerprint density at radius 1 is 1.35 bits per heavy atom. The zero-order chi connectivity index (χ0) is 12.3. The molecule has 0 aliphatic rings. The van der Waals surface area contributed by atoms with Crippen molar-refractivity contribution in [2.75, 3.05) is 0 Å². The monoisotopic (exact) mass is 293 g/mol. The second-order valence-corrected chi connectivity index (χ2v) is 4.96. The van der Waals surface area contributed by atoms with Gasteiger partial charge in [0.05, 0.1) is 5.69 Å². The van der Waals surface area contributed by atoms with Gasteiger partial charge in [0.2, 0.25) is 0 Å². The van der Waals surface area contributed by atoms with Crippen LogP contribution in [0.1, 0.15) is 24.2 Å². The molecule has 1 atom stereocenters. The molecule has 4 heteroatoms.